The van der Waals surface area contributed by atoms with Crippen molar-refractivity contribution in [1.82, 2.24) is 10.2 Å². The van der Waals surface area contributed by atoms with Crippen molar-refractivity contribution in [2.24, 2.45) is 11.8 Å². The maximum atomic E-state index is 13.0. The summed E-state index contributed by atoms with van der Waals surface area (Å²) < 4.78 is 12.8. The smallest absolute Gasteiger partial charge is 0.391 e. The zero-order valence-electron chi connectivity index (χ0n) is 28.9. The van der Waals surface area contributed by atoms with E-state index in [-0.39, 0.29) is 24.2 Å². The van der Waals surface area contributed by atoms with Crippen molar-refractivity contribution in [2.45, 2.75) is 194 Å². The first-order valence-corrected chi connectivity index (χ1v) is 20.0. The molecule has 0 aliphatic carbocycles. The van der Waals surface area contributed by atoms with E-state index in [1.807, 2.05) is 6.92 Å². The number of aliphatic hydroxyl groups excluding tert-OH is 1. The van der Waals surface area contributed by atoms with E-state index in [2.05, 4.69) is 19.3 Å². The molecule has 0 amide bonds. The molecule has 0 bridgehead atoms. The van der Waals surface area contributed by atoms with Gasteiger partial charge in [0.1, 0.15) is 5.78 Å². The Labute approximate surface area is 266 Å². The van der Waals surface area contributed by atoms with Crippen molar-refractivity contribution in [2.75, 3.05) is 13.1 Å². The van der Waals surface area contributed by atoms with Gasteiger partial charge in [0.15, 0.2) is 0 Å². The van der Waals surface area contributed by atoms with Crippen molar-refractivity contribution < 1.29 is 24.3 Å². The quantitative estimate of drug-likeness (QED) is 0.0324. The van der Waals surface area contributed by atoms with Crippen LogP contribution in [0.1, 0.15) is 188 Å². The number of carbonyl (C=O) groups is 1. The topological polar surface area (TPSA) is 110 Å². The fraction of sp³-hybridized carbons (Fsp3) is 0.971. The third-order valence-electron chi connectivity index (χ3n) is 9.04. The van der Waals surface area contributed by atoms with Crippen LogP contribution in [0.4, 0.5) is 0 Å². The summed E-state index contributed by atoms with van der Waals surface area (Å²) in [6.45, 7) is 8.51. The minimum absolute atomic E-state index is 0.0297. The summed E-state index contributed by atoms with van der Waals surface area (Å²) in [5.74, 6) is 0.132. The number of hydrogen-bond donors (Lipinski definition) is 4. The zero-order valence-corrected chi connectivity index (χ0v) is 29.8. The lowest BCUT2D eigenvalue weighted by atomic mass is 9.87. The lowest BCUT2D eigenvalue weighted by Gasteiger charge is -2.30. The lowest BCUT2D eigenvalue weighted by molar-refractivity contribution is -0.123. The van der Waals surface area contributed by atoms with E-state index in [4.69, 9.17) is 0 Å². The standard InChI is InChI=1S/C35H73N2O5P/c1-5-8-10-12-14-16-18-19-21-23-25-27-32(4)34(38)30-29-33(35(39)31-37(36-7-3)43(40,41)42)28-26-24-22-20-17-15-13-11-9-6-2/h32-33,35-36,39H,5-31H2,1-4H3,(H2,40,41,42). The van der Waals surface area contributed by atoms with Crippen LogP contribution in [-0.4, -0.2) is 44.6 Å². The number of unbranched alkanes of at least 4 members (excludes halogenated alkanes) is 19. The molecule has 258 valence electrons. The minimum atomic E-state index is -4.53. The first kappa shape index (κ1) is 42.7. The predicted octanol–water partition coefficient (Wildman–Crippen LogP) is 9.88. The summed E-state index contributed by atoms with van der Waals surface area (Å²) in [5, 5.41) is 11.0. The summed E-state index contributed by atoms with van der Waals surface area (Å²) in [5.41, 5.74) is 2.70. The van der Waals surface area contributed by atoms with Crippen LogP contribution < -0.4 is 5.43 Å². The Kier molecular flexibility index (Phi) is 28.9. The third-order valence-corrected chi connectivity index (χ3v) is 9.97. The van der Waals surface area contributed by atoms with Crippen LogP contribution in [0.15, 0.2) is 0 Å². The number of ketones is 1. The number of hydrazine groups is 1. The van der Waals surface area contributed by atoms with Gasteiger partial charge in [-0.1, -0.05) is 163 Å². The second kappa shape index (κ2) is 29.1. The monoisotopic (exact) mass is 633 g/mol. The average Bonchev–Trinajstić information content (AvgIpc) is 2.97. The lowest BCUT2D eigenvalue weighted by Crippen LogP contribution is -2.42. The summed E-state index contributed by atoms with van der Waals surface area (Å²) in [6, 6.07) is 0. The van der Waals surface area contributed by atoms with Gasteiger partial charge in [-0.05, 0) is 25.2 Å². The molecule has 4 N–H and O–H groups in total. The van der Waals surface area contributed by atoms with Crippen LogP contribution in [0, 0.1) is 11.8 Å². The Balaban J connectivity index is 4.53. The van der Waals surface area contributed by atoms with Gasteiger partial charge in [-0.25, -0.2) is 9.99 Å². The number of nitrogens with zero attached hydrogens (tertiary/aromatic N) is 1. The van der Waals surface area contributed by atoms with Crippen LogP contribution in [0.3, 0.4) is 0 Å². The van der Waals surface area contributed by atoms with E-state index >= 15 is 0 Å². The Hall–Kier alpha value is -0.300. The van der Waals surface area contributed by atoms with Gasteiger partial charge in [-0.2, -0.15) is 0 Å². The molecule has 43 heavy (non-hydrogen) atoms. The first-order chi connectivity index (χ1) is 20.7. The number of carbonyl (C=O) groups excluding carboxylic acids is 1. The average molecular weight is 633 g/mol. The molecule has 0 fully saturated rings. The molecule has 0 saturated carbocycles. The second-order valence-corrected chi connectivity index (χ2v) is 14.6. The maximum absolute atomic E-state index is 13.0. The van der Waals surface area contributed by atoms with Crippen LogP contribution in [0.5, 0.6) is 0 Å². The summed E-state index contributed by atoms with van der Waals surface area (Å²) in [6.07, 6.45) is 28.4. The zero-order chi connectivity index (χ0) is 32.2. The molecule has 7 nitrogen and oxygen atoms in total. The molecule has 0 radical (unpaired) electrons. The molecule has 0 aromatic heterocycles. The number of nitrogens with one attached hydrogen (secondary N) is 1. The van der Waals surface area contributed by atoms with E-state index < -0.39 is 13.9 Å². The molecule has 3 atom stereocenters. The largest absolute Gasteiger partial charge is 0.416 e. The third kappa shape index (κ3) is 25.6. The van der Waals surface area contributed by atoms with Gasteiger partial charge in [-0.15, -0.1) is 4.78 Å². The van der Waals surface area contributed by atoms with Crippen LogP contribution >= 0.6 is 7.75 Å². The molecule has 0 saturated heterocycles. The Morgan fingerprint density at radius 3 is 1.44 bits per heavy atom. The van der Waals surface area contributed by atoms with E-state index in [0.717, 1.165) is 36.9 Å². The van der Waals surface area contributed by atoms with Gasteiger partial charge < -0.3 is 14.9 Å². The highest BCUT2D eigenvalue weighted by Crippen LogP contribution is 2.39. The maximum Gasteiger partial charge on any atom is 0.416 e. The SMILES string of the molecule is CCCCCCCCCCCCCC(C)C(=O)CCC(CCCCCCCCCCCC)C(O)CN(NCC)P(=O)(O)O. The molecule has 0 aliphatic rings. The van der Waals surface area contributed by atoms with Gasteiger partial charge in [-0.3, -0.25) is 4.79 Å². The first-order valence-electron chi connectivity index (χ1n) is 18.4. The summed E-state index contributed by atoms with van der Waals surface area (Å²) >= 11 is 0. The number of aliphatic hydroxyl groups is 1. The Bertz CT molecular complexity index is 675. The van der Waals surface area contributed by atoms with Gasteiger partial charge >= 0.3 is 7.75 Å². The summed E-state index contributed by atoms with van der Waals surface area (Å²) in [4.78, 5) is 32.4. The normalized spacial score (nSPS) is 14.3. The van der Waals surface area contributed by atoms with Crippen LogP contribution in [-0.2, 0) is 9.36 Å². The molecule has 3 unspecified atom stereocenters. The van der Waals surface area contributed by atoms with Crippen molar-refractivity contribution >= 4 is 13.5 Å². The molecule has 8 heteroatoms. The summed E-state index contributed by atoms with van der Waals surface area (Å²) in [7, 11) is -4.53. The van der Waals surface area contributed by atoms with Crippen LogP contribution in [0.2, 0.25) is 0 Å². The number of Topliss-reactive ketones (excluding diaryl/α,β-unsaturated/α-hetero) is 1. The molecular weight excluding hydrogens is 559 g/mol. The number of hydrogen-bond acceptors (Lipinski definition) is 4. The van der Waals surface area contributed by atoms with Gasteiger partial charge in [0, 0.05) is 18.9 Å². The van der Waals surface area contributed by atoms with Crippen molar-refractivity contribution in [3.63, 3.8) is 0 Å². The highest BCUT2D eigenvalue weighted by atomic mass is 31.2. The number of rotatable bonds is 33. The fourth-order valence-electron chi connectivity index (χ4n) is 6.04. The molecule has 0 rings (SSSR count). The van der Waals surface area contributed by atoms with E-state index in [1.54, 1.807) is 6.92 Å². The second-order valence-electron chi connectivity index (χ2n) is 13.1. The van der Waals surface area contributed by atoms with E-state index in [1.165, 1.54) is 116 Å². The van der Waals surface area contributed by atoms with E-state index in [0.29, 0.717) is 19.4 Å². The van der Waals surface area contributed by atoms with Gasteiger partial charge in [0.05, 0.1) is 12.6 Å². The molecule has 0 aliphatic heterocycles. The van der Waals surface area contributed by atoms with Gasteiger partial charge in [0.2, 0.25) is 0 Å². The molecule has 0 spiro atoms. The van der Waals surface area contributed by atoms with Gasteiger partial charge in [0.25, 0.3) is 0 Å². The van der Waals surface area contributed by atoms with Crippen molar-refractivity contribution in [3.8, 4) is 0 Å². The predicted molar refractivity (Wildman–Crippen MR) is 183 cm³/mol. The van der Waals surface area contributed by atoms with E-state index in [9.17, 15) is 24.3 Å². The van der Waals surface area contributed by atoms with Crippen LogP contribution in [0.25, 0.3) is 0 Å². The molecule has 0 heterocycles. The fourth-order valence-corrected chi connectivity index (χ4v) is 6.75. The van der Waals surface area contributed by atoms with Crippen molar-refractivity contribution in [1.29, 1.82) is 0 Å². The Morgan fingerprint density at radius 1 is 0.651 bits per heavy atom. The minimum Gasteiger partial charge on any atom is -0.391 e. The highest BCUT2D eigenvalue weighted by Gasteiger charge is 2.30. The van der Waals surface area contributed by atoms with Crippen molar-refractivity contribution in [3.05, 3.63) is 0 Å². The Morgan fingerprint density at radius 2 is 1.05 bits per heavy atom. The highest BCUT2D eigenvalue weighted by molar-refractivity contribution is 7.49. The molecule has 0 aromatic rings. The molecular formula is C35H73N2O5P. The molecule has 0 aromatic carbocycles.